The summed E-state index contributed by atoms with van der Waals surface area (Å²) in [6.07, 6.45) is 0.761. The van der Waals surface area contributed by atoms with E-state index in [1.165, 1.54) is 10.4 Å². The van der Waals surface area contributed by atoms with E-state index in [1.54, 1.807) is 48.8 Å². The van der Waals surface area contributed by atoms with Gasteiger partial charge >= 0.3 is 16.1 Å². The number of urea groups is 1. The number of nitrogens with one attached hydrogen (secondary N) is 2. The number of hydrogen-bond acceptors (Lipinski definition) is 8. The second-order valence-corrected chi connectivity index (χ2v) is 14.3. The third-order valence-electron chi connectivity index (χ3n) is 6.74. The number of benzene rings is 2. The van der Waals surface area contributed by atoms with E-state index in [9.17, 15) is 21.6 Å². The van der Waals surface area contributed by atoms with Crippen molar-refractivity contribution >= 4 is 54.1 Å². The molecule has 1 fully saturated rings. The molecule has 2 amide bonds. The molecule has 1 saturated heterocycles. The summed E-state index contributed by atoms with van der Waals surface area (Å²) in [5, 5.41) is 8.30. The Balaban J connectivity index is 0.000000385. The quantitative estimate of drug-likeness (QED) is 0.247. The lowest BCUT2D eigenvalue weighted by Gasteiger charge is -2.24. The average molecular weight is 632 g/mol. The third kappa shape index (κ3) is 8.12. The number of anilines is 1. The molecule has 1 aliphatic heterocycles. The second kappa shape index (κ2) is 13.7. The van der Waals surface area contributed by atoms with Gasteiger partial charge in [-0.3, -0.25) is 14.4 Å². The maximum atomic E-state index is 12.9. The number of nitrogens with zero attached hydrogens (tertiary/aromatic N) is 3. The number of likely N-dealkylation sites (tertiary alicyclic amines) is 1. The minimum Gasteiger partial charge on any atom is -0.337 e. The van der Waals surface area contributed by atoms with Gasteiger partial charge in [0.05, 0.1) is 16.1 Å². The SMILES string of the molecule is Cc1cc(NC(=O)NCCN2CCC(N(C)S(=O)(=O)c3ccccc3)C2)c2ccccc2n1.O=S(=O)(O)c1cccs1. The Hall–Kier alpha value is -3.40. The first-order chi connectivity index (χ1) is 19.9. The van der Waals surface area contributed by atoms with Crippen LogP contribution in [0.1, 0.15) is 12.1 Å². The van der Waals surface area contributed by atoms with Crippen molar-refractivity contribution < 1.29 is 26.2 Å². The van der Waals surface area contributed by atoms with Crippen molar-refractivity contribution in [3.63, 3.8) is 0 Å². The zero-order chi connectivity index (χ0) is 30.3. The van der Waals surface area contributed by atoms with Gasteiger partial charge in [0.2, 0.25) is 10.0 Å². The van der Waals surface area contributed by atoms with Crippen LogP contribution in [0.3, 0.4) is 0 Å². The molecule has 1 unspecified atom stereocenters. The molecule has 3 N–H and O–H groups in total. The molecule has 5 rings (SSSR count). The molecule has 14 heteroatoms. The van der Waals surface area contributed by atoms with Crippen molar-refractivity contribution in [1.82, 2.24) is 19.5 Å². The van der Waals surface area contributed by atoms with E-state index in [0.29, 0.717) is 24.5 Å². The zero-order valence-electron chi connectivity index (χ0n) is 23.2. The fraction of sp³-hybridized carbons (Fsp3) is 0.286. The van der Waals surface area contributed by atoms with Gasteiger partial charge in [0.1, 0.15) is 4.21 Å². The van der Waals surface area contributed by atoms with E-state index in [-0.39, 0.29) is 16.3 Å². The molecular weight excluding hydrogens is 599 g/mol. The monoisotopic (exact) mass is 631 g/mol. The Labute approximate surface area is 250 Å². The van der Waals surface area contributed by atoms with Gasteiger partial charge in [-0.05, 0) is 55.6 Å². The Morgan fingerprint density at radius 3 is 2.45 bits per heavy atom. The number of aryl methyl sites for hydroxylation is 1. The number of carbonyl (C=O) groups excluding carboxylic acids is 1. The minimum absolute atomic E-state index is 0.0116. The van der Waals surface area contributed by atoms with Crippen LogP contribution in [-0.2, 0) is 20.1 Å². The summed E-state index contributed by atoms with van der Waals surface area (Å²) in [5.74, 6) is 0. The van der Waals surface area contributed by atoms with E-state index in [0.717, 1.165) is 46.6 Å². The van der Waals surface area contributed by atoms with E-state index >= 15 is 0 Å². The van der Waals surface area contributed by atoms with E-state index < -0.39 is 20.1 Å². The molecular formula is C28H33N5O6S3. The van der Waals surface area contributed by atoms with Gasteiger partial charge in [0.15, 0.2) is 0 Å². The normalized spacial score (nSPS) is 15.8. The molecule has 0 aliphatic carbocycles. The molecule has 11 nitrogen and oxygen atoms in total. The van der Waals surface area contributed by atoms with Gasteiger partial charge in [-0.1, -0.05) is 42.5 Å². The highest BCUT2D eigenvalue weighted by molar-refractivity contribution is 7.89. The maximum Gasteiger partial charge on any atom is 0.319 e. The van der Waals surface area contributed by atoms with Crippen LogP contribution in [0.2, 0.25) is 0 Å². The molecule has 0 saturated carbocycles. The molecule has 0 bridgehead atoms. The number of hydrogen-bond donors (Lipinski definition) is 3. The third-order valence-corrected chi connectivity index (χ3v) is 10.9. The van der Waals surface area contributed by atoms with Crippen LogP contribution in [-0.4, -0.2) is 80.9 Å². The van der Waals surface area contributed by atoms with Gasteiger partial charge < -0.3 is 10.6 Å². The lowest BCUT2D eigenvalue weighted by atomic mass is 10.1. The first-order valence-corrected chi connectivity index (χ1v) is 16.9. The molecule has 224 valence electrons. The topological polar surface area (TPSA) is 149 Å². The summed E-state index contributed by atoms with van der Waals surface area (Å²) in [6, 6.07) is 20.6. The Morgan fingerprint density at radius 1 is 1.07 bits per heavy atom. The van der Waals surface area contributed by atoms with Crippen LogP contribution in [0.25, 0.3) is 10.9 Å². The van der Waals surface area contributed by atoms with Crippen LogP contribution in [0.4, 0.5) is 10.5 Å². The lowest BCUT2D eigenvalue weighted by Crippen LogP contribution is -2.40. The Bertz CT molecular complexity index is 1720. The van der Waals surface area contributed by atoms with Crippen molar-refractivity contribution in [2.75, 3.05) is 38.5 Å². The number of amides is 2. The van der Waals surface area contributed by atoms with Crippen LogP contribution >= 0.6 is 11.3 Å². The summed E-state index contributed by atoms with van der Waals surface area (Å²) in [5.41, 5.74) is 2.40. The number of thiophene rings is 1. The number of para-hydroxylation sites is 1. The second-order valence-electron chi connectivity index (χ2n) is 9.69. The first-order valence-electron chi connectivity index (χ1n) is 13.1. The van der Waals surface area contributed by atoms with Gasteiger partial charge in [0.25, 0.3) is 0 Å². The number of aromatic nitrogens is 1. The number of fused-ring (bicyclic) bond motifs is 1. The van der Waals surface area contributed by atoms with Crippen LogP contribution < -0.4 is 10.6 Å². The highest BCUT2D eigenvalue weighted by Gasteiger charge is 2.32. The van der Waals surface area contributed by atoms with Crippen LogP contribution in [0, 0.1) is 6.92 Å². The molecule has 3 heterocycles. The fourth-order valence-electron chi connectivity index (χ4n) is 4.58. The Kier molecular flexibility index (Phi) is 10.3. The van der Waals surface area contributed by atoms with E-state index in [1.807, 2.05) is 37.3 Å². The van der Waals surface area contributed by atoms with E-state index in [4.69, 9.17) is 4.55 Å². The minimum atomic E-state index is -3.94. The first kappa shape index (κ1) is 31.5. The highest BCUT2D eigenvalue weighted by Crippen LogP contribution is 2.23. The summed E-state index contributed by atoms with van der Waals surface area (Å²) in [4.78, 5) is 19.4. The lowest BCUT2D eigenvalue weighted by molar-refractivity contribution is 0.248. The molecule has 0 radical (unpaired) electrons. The summed E-state index contributed by atoms with van der Waals surface area (Å²) in [6.45, 7) is 4.44. The summed E-state index contributed by atoms with van der Waals surface area (Å²) < 4.78 is 56.1. The van der Waals surface area contributed by atoms with E-state index in [2.05, 4.69) is 20.5 Å². The largest absolute Gasteiger partial charge is 0.337 e. The van der Waals surface area contributed by atoms with Crippen molar-refractivity contribution in [2.24, 2.45) is 0 Å². The summed E-state index contributed by atoms with van der Waals surface area (Å²) >= 11 is 0.992. The number of sulfonamides is 1. The number of carbonyl (C=O) groups is 1. The van der Waals surface area contributed by atoms with Gasteiger partial charge in [-0.2, -0.15) is 12.7 Å². The Morgan fingerprint density at radius 2 is 1.79 bits per heavy atom. The molecule has 4 aromatic rings. The van der Waals surface area contributed by atoms with Crippen LogP contribution in [0.15, 0.2) is 87.3 Å². The fourth-order valence-corrected chi connectivity index (χ4v) is 7.33. The predicted octanol–water partition coefficient (Wildman–Crippen LogP) is 4.05. The van der Waals surface area contributed by atoms with Crippen LogP contribution in [0.5, 0.6) is 0 Å². The molecule has 2 aromatic carbocycles. The van der Waals surface area contributed by atoms with Crippen molar-refractivity contribution in [1.29, 1.82) is 0 Å². The van der Waals surface area contributed by atoms with Crippen molar-refractivity contribution in [3.8, 4) is 0 Å². The number of pyridine rings is 1. The van der Waals surface area contributed by atoms with Gasteiger partial charge in [0, 0.05) is 43.8 Å². The standard InChI is InChI=1S/C24H29N5O3S.C4H4O3S2/c1-18-16-23(21-10-6-7-11-22(21)26-18)27-24(30)25-13-15-29-14-12-19(17-29)28(2)33(31,32)20-8-4-3-5-9-20;5-9(6,7)4-2-1-3-8-4/h3-11,16,19H,12-15,17H2,1-2H3,(H2,25,26,27,30);1-3H,(H,5,6,7). The highest BCUT2D eigenvalue weighted by atomic mass is 32.3. The van der Waals surface area contributed by atoms with Gasteiger partial charge in [-0.25, -0.2) is 13.2 Å². The molecule has 42 heavy (non-hydrogen) atoms. The molecule has 1 aliphatic rings. The predicted molar refractivity (Wildman–Crippen MR) is 164 cm³/mol. The molecule has 1 atom stereocenters. The summed E-state index contributed by atoms with van der Waals surface area (Å²) in [7, 11) is -5.81. The number of likely N-dealkylation sites (N-methyl/N-ethyl adjacent to an activating group) is 1. The van der Waals surface area contributed by atoms with Crippen molar-refractivity contribution in [3.05, 3.63) is 83.9 Å². The van der Waals surface area contributed by atoms with Crippen molar-refractivity contribution in [2.45, 2.75) is 28.5 Å². The number of rotatable bonds is 8. The maximum absolute atomic E-state index is 12.9. The average Bonchev–Trinajstić information content (AvgIpc) is 3.67. The zero-order valence-corrected chi connectivity index (χ0v) is 25.6. The molecule has 0 spiro atoms. The smallest absolute Gasteiger partial charge is 0.319 e. The van der Waals surface area contributed by atoms with Gasteiger partial charge in [-0.15, -0.1) is 11.3 Å². The molecule has 2 aromatic heterocycles.